The summed E-state index contributed by atoms with van der Waals surface area (Å²) in [5, 5.41) is 23.8. The highest BCUT2D eigenvalue weighted by molar-refractivity contribution is 6.11. The monoisotopic (exact) mass is 490 g/mol. The summed E-state index contributed by atoms with van der Waals surface area (Å²) in [6, 6.07) is 9.66. The van der Waals surface area contributed by atoms with Gasteiger partial charge in [0.15, 0.2) is 5.78 Å². The van der Waals surface area contributed by atoms with Gasteiger partial charge in [0.05, 0.1) is 21.7 Å². The lowest BCUT2D eigenvalue weighted by atomic mass is 9.85. The molecule has 0 N–H and O–H groups in total. The van der Waals surface area contributed by atoms with Gasteiger partial charge in [-0.25, -0.2) is 5.01 Å². The van der Waals surface area contributed by atoms with Crippen LogP contribution in [0.1, 0.15) is 27.1 Å². The SMILES string of the molecule is O=C(CN(C(=O)c1ccccc1[N+](=O)[O-])N1C(=O)[C@H]2[C@H](C1=O)[C@H]1C=C[C@H]2C1)c1ccc([N+](=O)[O-])cc1. The zero-order valence-corrected chi connectivity index (χ0v) is 18.6. The number of para-hydroxylation sites is 1. The number of nitrogens with zero attached hydrogens (tertiary/aromatic N) is 4. The molecule has 1 heterocycles. The van der Waals surface area contributed by atoms with E-state index in [2.05, 4.69) is 0 Å². The highest BCUT2D eigenvalue weighted by Crippen LogP contribution is 2.52. The van der Waals surface area contributed by atoms with E-state index in [1.807, 2.05) is 12.2 Å². The molecule has 12 nitrogen and oxygen atoms in total. The Bertz CT molecular complexity index is 1340. The summed E-state index contributed by atoms with van der Waals surface area (Å²) in [5.41, 5.74) is -1.18. The number of Topliss-reactive ketones (excluding diaryl/α,β-unsaturated/α-hetero) is 1. The molecule has 1 saturated heterocycles. The molecule has 2 aromatic carbocycles. The van der Waals surface area contributed by atoms with E-state index in [1.165, 1.54) is 30.3 Å². The van der Waals surface area contributed by atoms with Gasteiger partial charge in [-0.3, -0.25) is 39.4 Å². The van der Waals surface area contributed by atoms with Gasteiger partial charge in [0.1, 0.15) is 12.1 Å². The molecule has 2 bridgehead atoms. The second-order valence-electron chi connectivity index (χ2n) is 8.85. The van der Waals surface area contributed by atoms with Crippen LogP contribution in [0, 0.1) is 43.9 Å². The molecule has 0 unspecified atom stereocenters. The number of hydrazine groups is 1. The lowest BCUT2D eigenvalue weighted by molar-refractivity contribution is -0.385. The molecule has 1 saturated carbocycles. The van der Waals surface area contributed by atoms with Crippen molar-refractivity contribution in [3.8, 4) is 0 Å². The maximum Gasteiger partial charge on any atom is 0.282 e. The molecule has 2 aliphatic carbocycles. The zero-order chi connectivity index (χ0) is 25.7. The van der Waals surface area contributed by atoms with E-state index in [1.54, 1.807) is 0 Å². The lowest BCUT2D eigenvalue weighted by Gasteiger charge is -2.30. The van der Waals surface area contributed by atoms with Crippen LogP contribution < -0.4 is 0 Å². The highest BCUT2D eigenvalue weighted by Gasteiger charge is 2.61. The molecular formula is C24H18N4O8. The number of imide groups is 1. The second kappa shape index (κ2) is 8.48. The van der Waals surface area contributed by atoms with Gasteiger partial charge >= 0.3 is 0 Å². The van der Waals surface area contributed by atoms with Crippen molar-refractivity contribution in [1.29, 1.82) is 0 Å². The number of hydrogen-bond acceptors (Lipinski definition) is 8. The molecule has 2 aromatic rings. The molecule has 3 aliphatic rings. The molecule has 182 valence electrons. The van der Waals surface area contributed by atoms with Crippen molar-refractivity contribution in [3.63, 3.8) is 0 Å². The number of allylic oxidation sites excluding steroid dienone is 2. The lowest BCUT2D eigenvalue weighted by Crippen LogP contribution is -2.52. The Hall–Kier alpha value is -4.74. The zero-order valence-electron chi connectivity index (χ0n) is 18.6. The van der Waals surface area contributed by atoms with E-state index in [4.69, 9.17) is 0 Å². The fraction of sp³-hybridized carbons (Fsp3) is 0.250. The first-order chi connectivity index (χ1) is 17.2. The van der Waals surface area contributed by atoms with Gasteiger partial charge in [-0.2, -0.15) is 5.01 Å². The first-order valence-corrected chi connectivity index (χ1v) is 11.1. The summed E-state index contributed by atoms with van der Waals surface area (Å²) >= 11 is 0. The predicted octanol–water partition coefficient (Wildman–Crippen LogP) is 2.55. The Labute approximate surface area is 203 Å². The molecule has 36 heavy (non-hydrogen) atoms. The van der Waals surface area contributed by atoms with Crippen LogP contribution in [0.5, 0.6) is 0 Å². The summed E-state index contributed by atoms with van der Waals surface area (Å²) in [6.07, 6.45) is 4.40. The summed E-state index contributed by atoms with van der Waals surface area (Å²) < 4.78 is 0. The van der Waals surface area contributed by atoms with E-state index >= 15 is 0 Å². The van der Waals surface area contributed by atoms with Crippen LogP contribution in [0.25, 0.3) is 0 Å². The average molecular weight is 490 g/mol. The largest absolute Gasteiger partial charge is 0.292 e. The van der Waals surface area contributed by atoms with E-state index in [-0.39, 0.29) is 23.1 Å². The molecule has 4 atom stereocenters. The minimum Gasteiger partial charge on any atom is -0.292 e. The number of fused-ring (bicyclic) bond motifs is 5. The Balaban J connectivity index is 1.52. The highest BCUT2D eigenvalue weighted by atomic mass is 16.6. The first kappa shape index (κ1) is 23.0. The van der Waals surface area contributed by atoms with E-state index in [9.17, 15) is 39.4 Å². The number of benzene rings is 2. The van der Waals surface area contributed by atoms with Crippen LogP contribution in [-0.2, 0) is 9.59 Å². The maximum absolute atomic E-state index is 13.6. The van der Waals surface area contributed by atoms with Gasteiger partial charge in [-0.05, 0) is 36.5 Å². The quantitative estimate of drug-likeness (QED) is 0.188. The van der Waals surface area contributed by atoms with Crippen LogP contribution in [0.3, 0.4) is 0 Å². The number of nitro benzene ring substituents is 2. The van der Waals surface area contributed by atoms with E-state index < -0.39 is 63.0 Å². The number of hydrogen-bond donors (Lipinski definition) is 0. The normalized spacial score (nSPS) is 23.6. The Kier molecular flexibility index (Phi) is 5.43. The van der Waals surface area contributed by atoms with Crippen molar-refractivity contribution >= 4 is 34.9 Å². The molecule has 0 spiro atoms. The minimum atomic E-state index is -1.06. The van der Waals surface area contributed by atoms with Crippen molar-refractivity contribution in [2.24, 2.45) is 23.7 Å². The Morgan fingerprint density at radius 2 is 1.47 bits per heavy atom. The van der Waals surface area contributed by atoms with Crippen LogP contribution in [0.2, 0.25) is 0 Å². The third-order valence-corrected chi connectivity index (χ3v) is 6.95. The number of amides is 3. The molecule has 1 aliphatic heterocycles. The number of nitro groups is 2. The summed E-state index contributed by atoms with van der Waals surface area (Å²) in [4.78, 5) is 74.5. The van der Waals surface area contributed by atoms with Crippen molar-refractivity contribution in [2.45, 2.75) is 6.42 Å². The molecule has 5 rings (SSSR count). The summed E-state index contributed by atoms with van der Waals surface area (Å²) in [5.74, 6) is -4.68. The first-order valence-electron chi connectivity index (χ1n) is 11.1. The van der Waals surface area contributed by atoms with E-state index in [0.717, 1.165) is 18.2 Å². The van der Waals surface area contributed by atoms with Gasteiger partial charge < -0.3 is 0 Å². The number of carbonyl (C=O) groups excluding carboxylic acids is 4. The standard InChI is InChI=1S/C24H18N4O8/c29-19(13-7-9-16(10-8-13)27(33)34)12-25(22(30)17-3-1-2-4-18(17)28(35)36)26-23(31)20-14-5-6-15(11-14)21(20)24(26)32/h1-10,14-15,20-21H,11-12H2/t14-,15-,20+,21+/m0/s1. The van der Waals surface area contributed by atoms with Crippen LogP contribution >= 0.6 is 0 Å². The van der Waals surface area contributed by atoms with E-state index in [0.29, 0.717) is 16.4 Å². The van der Waals surface area contributed by atoms with Crippen molar-refractivity contribution in [3.05, 3.63) is 92.0 Å². The van der Waals surface area contributed by atoms with Gasteiger partial charge in [0.25, 0.3) is 29.1 Å². The smallest absolute Gasteiger partial charge is 0.282 e. The maximum atomic E-state index is 13.6. The fourth-order valence-electron chi connectivity index (χ4n) is 5.31. The topological polar surface area (TPSA) is 161 Å². The molecule has 12 heteroatoms. The fourth-order valence-corrected chi connectivity index (χ4v) is 5.31. The number of rotatable bonds is 7. The van der Waals surface area contributed by atoms with Gasteiger partial charge in [-0.15, -0.1) is 0 Å². The van der Waals surface area contributed by atoms with Crippen molar-refractivity contribution < 1.29 is 29.0 Å². The van der Waals surface area contributed by atoms with Gasteiger partial charge in [0.2, 0.25) is 0 Å². The van der Waals surface area contributed by atoms with Gasteiger partial charge in [0, 0.05) is 23.8 Å². The molecular weight excluding hydrogens is 472 g/mol. The van der Waals surface area contributed by atoms with Crippen molar-refractivity contribution in [1.82, 2.24) is 10.0 Å². The van der Waals surface area contributed by atoms with Crippen LogP contribution in [-0.4, -0.2) is 49.9 Å². The van der Waals surface area contributed by atoms with Crippen LogP contribution in [0.15, 0.2) is 60.7 Å². The molecule has 0 aromatic heterocycles. The van der Waals surface area contributed by atoms with Gasteiger partial charge in [-0.1, -0.05) is 24.3 Å². The summed E-state index contributed by atoms with van der Waals surface area (Å²) in [6.45, 7) is -0.775. The van der Waals surface area contributed by atoms with Crippen molar-refractivity contribution in [2.75, 3.05) is 6.54 Å². The molecule has 2 fully saturated rings. The Morgan fingerprint density at radius 3 is 2.03 bits per heavy atom. The molecule has 3 amide bonds. The molecule has 0 radical (unpaired) electrons. The number of carbonyl (C=O) groups is 4. The number of non-ortho nitro benzene ring substituents is 1. The third kappa shape index (κ3) is 3.54. The van der Waals surface area contributed by atoms with Crippen LogP contribution in [0.4, 0.5) is 11.4 Å². The Morgan fingerprint density at radius 1 is 0.889 bits per heavy atom. The summed E-state index contributed by atoms with van der Waals surface area (Å²) in [7, 11) is 0. The number of ketones is 1. The minimum absolute atomic E-state index is 0.00184. The second-order valence-corrected chi connectivity index (χ2v) is 8.85. The third-order valence-electron chi connectivity index (χ3n) is 6.95. The average Bonchev–Trinajstić information content (AvgIpc) is 3.56. The predicted molar refractivity (Wildman–Crippen MR) is 121 cm³/mol.